The molecule has 1 aliphatic rings. The number of ketones is 1. The van der Waals surface area contributed by atoms with E-state index in [1.165, 1.54) is 12.1 Å². The van der Waals surface area contributed by atoms with Gasteiger partial charge in [0.05, 0.1) is 5.56 Å². The number of amides is 1. The van der Waals surface area contributed by atoms with E-state index in [2.05, 4.69) is 26.2 Å². The van der Waals surface area contributed by atoms with Crippen LogP contribution in [0.2, 0.25) is 0 Å². The fourth-order valence-electron chi connectivity index (χ4n) is 3.97. The average Bonchev–Trinajstić information content (AvgIpc) is 3.36. The second-order valence-corrected chi connectivity index (χ2v) is 9.23. The van der Waals surface area contributed by atoms with Gasteiger partial charge in [0.25, 0.3) is 5.91 Å². The Balaban J connectivity index is 1.53. The second kappa shape index (κ2) is 10.3. The summed E-state index contributed by atoms with van der Waals surface area (Å²) in [7, 11) is 0. The monoisotopic (exact) mass is 522 g/mol. The Kier molecular flexibility index (Phi) is 7.17. The number of nitrogens with one attached hydrogen (secondary N) is 2. The molecule has 1 aliphatic heterocycles. The van der Waals surface area contributed by atoms with E-state index in [-0.39, 0.29) is 17.8 Å². The summed E-state index contributed by atoms with van der Waals surface area (Å²) in [4.78, 5) is 32.0. The Labute approximate surface area is 205 Å². The Morgan fingerprint density at radius 3 is 2.53 bits per heavy atom. The lowest BCUT2D eigenvalue weighted by molar-refractivity contribution is 0.0988. The van der Waals surface area contributed by atoms with Crippen LogP contribution in [0.4, 0.5) is 10.2 Å². The number of rotatable bonds is 6. The highest BCUT2D eigenvalue weighted by Gasteiger charge is 2.21. The lowest BCUT2D eigenvalue weighted by Crippen LogP contribution is -2.27. The Morgan fingerprint density at radius 2 is 1.85 bits per heavy atom. The van der Waals surface area contributed by atoms with E-state index < -0.39 is 17.5 Å². The SMILES string of the molecule is Cc1ccc(CC(=O)c2ccc(C(=N)N3CCCC3)cc2F)c(C(=O)Nc2ccc(Br)cn2)c1. The first kappa shape index (κ1) is 23.8. The minimum atomic E-state index is -0.663. The first-order valence-electron chi connectivity index (χ1n) is 11.0. The molecule has 0 unspecified atom stereocenters. The highest BCUT2D eigenvalue weighted by molar-refractivity contribution is 9.10. The summed E-state index contributed by atoms with van der Waals surface area (Å²) in [6.45, 7) is 3.43. The topological polar surface area (TPSA) is 86.2 Å². The molecule has 1 fully saturated rings. The first-order chi connectivity index (χ1) is 16.3. The zero-order valence-corrected chi connectivity index (χ0v) is 20.3. The number of nitrogens with zero attached hydrogens (tertiary/aromatic N) is 2. The van der Waals surface area contributed by atoms with Gasteiger partial charge >= 0.3 is 0 Å². The van der Waals surface area contributed by atoms with E-state index in [0.717, 1.165) is 36.0 Å². The number of carbonyl (C=O) groups is 2. The molecule has 8 heteroatoms. The van der Waals surface area contributed by atoms with Crippen LogP contribution >= 0.6 is 15.9 Å². The summed E-state index contributed by atoms with van der Waals surface area (Å²) in [5, 5.41) is 11.0. The number of halogens is 2. The van der Waals surface area contributed by atoms with Crippen LogP contribution in [0, 0.1) is 18.2 Å². The van der Waals surface area contributed by atoms with Crippen molar-refractivity contribution in [3.63, 3.8) is 0 Å². The number of aryl methyl sites for hydroxylation is 1. The molecule has 1 amide bonds. The second-order valence-electron chi connectivity index (χ2n) is 8.31. The fourth-order valence-corrected chi connectivity index (χ4v) is 4.20. The number of likely N-dealkylation sites (tertiary alicyclic amines) is 1. The number of Topliss-reactive ketones (excluding diaryl/α,β-unsaturated/α-hetero) is 1. The van der Waals surface area contributed by atoms with Crippen LogP contribution < -0.4 is 5.32 Å². The third-order valence-corrected chi connectivity index (χ3v) is 6.26. The van der Waals surface area contributed by atoms with Crippen molar-refractivity contribution in [1.29, 1.82) is 5.41 Å². The normalized spacial score (nSPS) is 13.1. The van der Waals surface area contributed by atoms with Gasteiger partial charge in [0.2, 0.25) is 0 Å². The summed E-state index contributed by atoms with van der Waals surface area (Å²) in [6.07, 6.45) is 3.49. The molecular weight excluding hydrogens is 499 g/mol. The summed E-state index contributed by atoms with van der Waals surface area (Å²) in [6, 6.07) is 12.9. The molecule has 34 heavy (non-hydrogen) atoms. The molecule has 1 aromatic heterocycles. The van der Waals surface area contributed by atoms with Gasteiger partial charge in [0, 0.05) is 41.3 Å². The molecule has 6 nitrogen and oxygen atoms in total. The van der Waals surface area contributed by atoms with Gasteiger partial charge in [0.1, 0.15) is 17.5 Å². The van der Waals surface area contributed by atoms with E-state index in [0.29, 0.717) is 22.5 Å². The molecule has 0 radical (unpaired) electrons. The standard InChI is InChI=1S/C26H24BrFN4O2/c1-16-4-5-17(21(12-16)26(34)31-24-9-7-19(27)15-30-24)14-23(33)20-8-6-18(13-22(20)28)25(29)32-10-2-3-11-32/h4-9,12-13,15,29H,2-3,10-11,14H2,1H3,(H,30,31,34). The van der Waals surface area contributed by atoms with E-state index in [9.17, 15) is 14.0 Å². The van der Waals surface area contributed by atoms with Crippen LogP contribution in [0.3, 0.4) is 0 Å². The summed E-state index contributed by atoms with van der Waals surface area (Å²) in [5.41, 5.74) is 2.10. The number of aromatic nitrogens is 1. The summed E-state index contributed by atoms with van der Waals surface area (Å²) in [5.74, 6) is -0.834. The summed E-state index contributed by atoms with van der Waals surface area (Å²) < 4.78 is 15.7. The quantitative estimate of drug-likeness (QED) is 0.258. The number of hydrogen-bond acceptors (Lipinski definition) is 4. The maximum atomic E-state index is 14.9. The van der Waals surface area contributed by atoms with Gasteiger partial charge in [-0.15, -0.1) is 0 Å². The number of hydrogen-bond donors (Lipinski definition) is 2. The Hall–Kier alpha value is -3.39. The molecule has 2 aromatic carbocycles. The molecule has 2 heterocycles. The third-order valence-electron chi connectivity index (χ3n) is 5.80. The molecule has 3 aromatic rings. The van der Waals surface area contributed by atoms with Crippen LogP contribution in [-0.4, -0.2) is 40.5 Å². The van der Waals surface area contributed by atoms with Crippen LogP contribution in [0.15, 0.2) is 59.2 Å². The van der Waals surface area contributed by atoms with E-state index in [1.807, 2.05) is 17.9 Å². The van der Waals surface area contributed by atoms with Gasteiger partial charge in [0.15, 0.2) is 5.78 Å². The van der Waals surface area contributed by atoms with E-state index in [4.69, 9.17) is 5.41 Å². The molecule has 4 rings (SSSR count). The smallest absolute Gasteiger partial charge is 0.257 e. The summed E-state index contributed by atoms with van der Waals surface area (Å²) >= 11 is 3.30. The average molecular weight is 523 g/mol. The fraction of sp³-hybridized carbons (Fsp3) is 0.231. The van der Waals surface area contributed by atoms with Crippen molar-refractivity contribution in [2.75, 3.05) is 18.4 Å². The third kappa shape index (κ3) is 5.39. The molecule has 0 spiro atoms. The maximum absolute atomic E-state index is 14.9. The van der Waals surface area contributed by atoms with Gasteiger partial charge in [-0.1, -0.05) is 23.8 Å². The lowest BCUT2D eigenvalue weighted by Gasteiger charge is -2.18. The molecular formula is C26H24BrFN4O2. The lowest BCUT2D eigenvalue weighted by atomic mass is 9.96. The number of anilines is 1. The van der Waals surface area contributed by atoms with Crippen LogP contribution in [-0.2, 0) is 6.42 Å². The highest BCUT2D eigenvalue weighted by Crippen LogP contribution is 2.20. The van der Waals surface area contributed by atoms with Crippen molar-refractivity contribution >= 4 is 39.3 Å². The molecule has 0 bridgehead atoms. The van der Waals surface area contributed by atoms with Gasteiger partial charge < -0.3 is 10.2 Å². The van der Waals surface area contributed by atoms with Crippen molar-refractivity contribution in [3.8, 4) is 0 Å². The zero-order valence-electron chi connectivity index (χ0n) is 18.7. The zero-order chi connectivity index (χ0) is 24.2. The number of carbonyl (C=O) groups excluding carboxylic acids is 2. The molecule has 174 valence electrons. The molecule has 0 atom stereocenters. The van der Waals surface area contributed by atoms with Crippen molar-refractivity contribution < 1.29 is 14.0 Å². The molecule has 2 N–H and O–H groups in total. The molecule has 0 saturated carbocycles. The van der Waals surface area contributed by atoms with Crippen LogP contribution in [0.1, 0.15) is 50.2 Å². The number of pyridine rings is 1. The van der Waals surface area contributed by atoms with Crippen LogP contribution in [0.25, 0.3) is 0 Å². The molecule has 1 saturated heterocycles. The Morgan fingerprint density at radius 1 is 1.09 bits per heavy atom. The minimum absolute atomic E-state index is 0.0560. The van der Waals surface area contributed by atoms with E-state index in [1.54, 1.807) is 36.5 Å². The Bertz CT molecular complexity index is 1250. The van der Waals surface area contributed by atoms with Crippen molar-refractivity contribution in [3.05, 3.63) is 92.8 Å². The number of benzene rings is 2. The van der Waals surface area contributed by atoms with Crippen molar-refractivity contribution in [2.45, 2.75) is 26.2 Å². The van der Waals surface area contributed by atoms with Crippen molar-refractivity contribution in [2.24, 2.45) is 0 Å². The molecule has 0 aliphatic carbocycles. The highest BCUT2D eigenvalue weighted by atomic mass is 79.9. The largest absolute Gasteiger partial charge is 0.357 e. The minimum Gasteiger partial charge on any atom is -0.357 e. The number of amidine groups is 1. The van der Waals surface area contributed by atoms with Crippen molar-refractivity contribution in [1.82, 2.24) is 9.88 Å². The predicted molar refractivity (Wildman–Crippen MR) is 133 cm³/mol. The van der Waals surface area contributed by atoms with Crippen LogP contribution in [0.5, 0.6) is 0 Å². The maximum Gasteiger partial charge on any atom is 0.257 e. The van der Waals surface area contributed by atoms with Gasteiger partial charge in [-0.05, 0) is 71.6 Å². The van der Waals surface area contributed by atoms with Gasteiger partial charge in [-0.3, -0.25) is 15.0 Å². The predicted octanol–water partition coefficient (Wildman–Crippen LogP) is 5.39. The first-order valence-corrected chi connectivity index (χ1v) is 11.8. The van der Waals surface area contributed by atoms with Gasteiger partial charge in [-0.25, -0.2) is 9.37 Å². The van der Waals surface area contributed by atoms with E-state index >= 15 is 0 Å². The van der Waals surface area contributed by atoms with Gasteiger partial charge in [-0.2, -0.15) is 0 Å².